The molecule has 4 heteroatoms. The van der Waals surface area contributed by atoms with Crippen LogP contribution in [0.2, 0.25) is 0 Å². The van der Waals surface area contributed by atoms with Gasteiger partial charge in [-0.3, -0.25) is 0 Å². The number of aryl methyl sites for hydroxylation is 4. The number of rotatable bonds is 2. The monoisotopic (exact) mass is 694 g/mol. The quantitative estimate of drug-likeness (QED) is 0.180. The summed E-state index contributed by atoms with van der Waals surface area (Å²) in [5, 5.41) is 6.83. The largest absolute Gasteiger partial charge is 0.456 e. The van der Waals surface area contributed by atoms with Gasteiger partial charge in [-0.05, 0) is 132 Å². The van der Waals surface area contributed by atoms with Gasteiger partial charge in [0.05, 0.1) is 0 Å². The molecule has 2 aliphatic rings. The van der Waals surface area contributed by atoms with Gasteiger partial charge in [-0.25, -0.2) is 0 Å². The number of benzene rings is 8. The predicted octanol–water partition coefficient (Wildman–Crippen LogP) is 13.8. The molecule has 4 nitrogen and oxygen atoms in total. The van der Waals surface area contributed by atoms with Gasteiger partial charge in [0.1, 0.15) is 22.3 Å². The van der Waals surface area contributed by atoms with Gasteiger partial charge in [-0.15, -0.1) is 0 Å². The minimum atomic E-state index is 0.883. The highest BCUT2D eigenvalue weighted by Crippen LogP contribution is 2.47. The Morgan fingerprint density at radius 2 is 0.648 bits per heavy atom. The van der Waals surface area contributed by atoms with Crippen molar-refractivity contribution < 1.29 is 8.83 Å². The first-order valence-corrected chi connectivity index (χ1v) is 18.9. The van der Waals surface area contributed by atoms with Gasteiger partial charge in [0, 0.05) is 67.8 Å². The smallest absolute Gasteiger partial charge is 0.137 e. The molecule has 10 aromatic rings. The van der Waals surface area contributed by atoms with E-state index in [1.807, 2.05) is 0 Å². The molecule has 0 amide bonds. The van der Waals surface area contributed by atoms with E-state index < -0.39 is 0 Å². The molecule has 0 saturated heterocycles. The van der Waals surface area contributed by atoms with Crippen LogP contribution in [0.5, 0.6) is 0 Å². The zero-order valence-electron chi connectivity index (χ0n) is 29.6. The molecule has 0 N–H and O–H groups in total. The fourth-order valence-electron chi connectivity index (χ4n) is 9.33. The first-order chi connectivity index (χ1) is 26.8. The summed E-state index contributed by atoms with van der Waals surface area (Å²) in [7, 11) is 0. The first-order valence-electron chi connectivity index (χ1n) is 18.9. The fourth-order valence-corrected chi connectivity index (χ4v) is 9.33. The van der Waals surface area contributed by atoms with Crippen molar-refractivity contribution in [3.63, 3.8) is 0 Å². The van der Waals surface area contributed by atoms with Crippen molar-refractivity contribution >= 4 is 88.8 Å². The number of anilines is 6. The third-order valence-corrected chi connectivity index (χ3v) is 11.8. The number of furan rings is 2. The summed E-state index contributed by atoms with van der Waals surface area (Å²) in [4.78, 5) is 4.81. The number of nitrogens with zero attached hydrogens (tertiary/aromatic N) is 2. The Morgan fingerprint density at radius 3 is 1.02 bits per heavy atom. The van der Waals surface area contributed by atoms with E-state index in [0.29, 0.717) is 0 Å². The van der Waals surface area contributed by atoms with Gasteiger partial charge in [0.15, 0.2) is 0 Å². The van der Waals surface area contributed by atoms with Crippen LogP contribution in [0.15, 0.2) is 167 Å². The van der Waals surface area contributed by atoms with E-state index in [-0.39, 0.29) is 0 Å². The second-order valence-corrected chi connectivity index (χ2v) is 14.7. The third-order valence-electron chi connectivity index (χ3n) is 11.8. The molecule has 256 valence electrons. The number of hydrogen-bond donors (Lipinski definition) is 0. The van der Waals surface area contributed by atoms with Crippen LogP contribution in [0.25, 0.3) is 54.6 Å². The maximum Gasteiger partial charge on any atom is 0.137 e. The molecule has 4 heterocycles. The van der Waals surface area contributed by atoms with Crippen LogP contribution in [0.4, 0.5) is 34.1 Å². The third kappa shape index (κ3) is 4.31. The highest BCUT2D eigenvalue weighted by atomic mass is 16.3. The minimum Gasteiger partial charge on any atom is -0.456 e. The van der Waals surface area contributed by atoms with Gasteiger partial charge in [-0.1, -0.05) is 72.8 Å². The number of para-hydroxylation sites is 4. The lowest BCUT2D eigenvalue weighted by Crippen LogP contribution is -2.11. The maximum atomic E-state index is 6.68. The summed E-state index contributed by atoms with van der Waals surface area (Å²) in [5.41, 5.74) is 16.1. The Bertz CT molecular complexity index is 2840. The summed E-state index contributed by atoms with van der Waals surface area (Å²) in [6, 6.07) is 57.2. The molecule has 0 spiro atoms. The summed E-state index contributed by atoms with van der Waals surface area (Å²) < 4.78 is 13.4. The Balaban J connectivity index is 1.02. The van der Waals surface area contributed by atoms with E-state index in [1.165, 1.54) is 55.8 Å². The molecule has 12 rings (SSSR count). The van der Waals surface area contributed by atoms with Gasteiger partial charge in [0.25, 0.3) is 0 Å². The Kier molecular flexibility index (Phi) is 6.26. The average Bonchev–Trinajstić information content (AvgIpc) is 3.67. The Labute approximate surface area is 312 Å². The van der Waals surface area contributed by atoms with Gasteiger partial charge >= 0.3 is 0 Å². The molecule has 0 aliphatic carbocycles. The lowest BCUT2D eigenvalue weighted by molar-refractivity contribution is 0.668. The first kappa shape index (κ1) is 29.8. The van der Waals surface area contributed by atoms with Crippen LogP contribution in [0, 0.1) is 0 Å². The van der Waals surface area contributed by atoms with Crippen molar-refractivity contribution in [1.29, 1.82) is 0 Å². The van der Waals surface area contributed by atoms with Gasteiger partial charge in [0.2, 0.25) is 0 Å². The van der Waals surface area contributed by atoms with Crippen LogP contribution in [0.1, 0.15) is 22.3 Å². The van der Waals surface area contributed by atoms with E-state index in [4.69, 9.17) is 8.83 Å². The SMILES string of the molecule is c1ccc2c(c1)CCc1ccccc1N2c1ccc2c(c1)oc1ccc3c(ccc4oc5cc(N6c7ccccc7CCc7ccccc76)ccc5c43)c12. The topological polar surface area (TPSA) is 32.8 Å². The normalized spacial score (nSPS) is 13.9. The summed E-state index contributed by atoms with van der Waals surface area (Å²) in [5.74, 6) is 0. The van der Waals surface area contributed by atoms with E-state index in [0.717, 1.165) is 80.9 Å². The Hall–Kier alpha value is -6.78. The van der Waals surface area contributed by atoms with Crippen LogP contribution in [-0.4, -0.2) is 0 Å². The van der Waals surface area contributed by atoms with Crippen LogP contribution < -0.4 is 9.80 Å². The van der Waals surface area contributed by atoms with Crippen molar-refractivity contribution in [3.05, 3.63) is 180 Å². The summed E-state index contributed by atoms with van der Waals surface area (Å²) >= 11 is 0. The zero-order valence-corrected chi connectivity index (χ0v) is 29.6. The van der Waals surface area contributed by atoms with Crippen LogP contribution in [-0.2, 0) is 25.7 Å². The van der Waals surface area contributed by atoms with E-state index in [1.54, 1.807) is 0 Å². The van der Waals surface area contributed by atoms with E-state index in [2.05, 4.69) is 168 Å². The second kappa shape index (κ2) is 11.4. The molecule has 0 radical (unpaired) electrons. The number of hydrogen-bond acceptors (Lipinski definition) is 4. The molecule has 0 atom stereocenters. The van der Waals surface area contributed by atoms with Crippen molar-refractivity contribution in [2.24, 2.45) is 0 Å². The average molecular weight is 695 g/mol. The van der Waals surface area contributed by atoms with E-state index >= 15 is 0 Å². The zero-order chi connectivity index (χ0) is 35.3. The van der Waals surface area contributed by atoms with E-state index in [9.17, 15) is 0 Å². The summed E-state index contributed by atoms with van der Waals surface area (Å²) in [6.45, 7) is 0. The fraction of sp³-hybridized carbons (Fsp3) is 0.0800. The van der Waals surface area contributed by atoms with Crippen molar-refractivity contribution in [3.8, 4) is 0 Å². The standard InChI is InChI=1S/C50H34N2O2/c1-5-13-41-31(9-1)17-18-32-10-2-6-14-42(32)51(41)35-21-23-39-47(29-35)53-45-27-25-38-37(49(39)45)26-28-46-50(38)40-24-22-36(30-48(40)54-46)52-43-15-7-3-11-33(43)19-20-34-12-4-8-16-44(34)52/h1-16,21-30H,17-20H2. The summed E-state index contributed by atoms with van der Waals surface area (Å²) in [6.07, 6.45) is 4.06. The Morgan fingerprint density at radius 1 is 0.315 bits per heavy atom. The van der Waals surface area contributed by atoms with Crippen molar-refractivity contribution in [2.75, 3.05) is 9.80 Å². The van der Waals surface area contributed by atoms with Crippen LogP contribution >= 0.6 is 0 Å². The highest BCUT2D eigenvalue weighted by Gasteiger charge is 2.25. The molecular formula is C50H34N2O2. The molecule has 8 aromatic carbocycles. The van der Waals surface area contributed by atoms with Crippen molar-refractivity contribution in [2.45, 2.75) is 25.7 Å². The number of fused-ring (bicyclic) bond motifs is 13. The van der Waals surface area contributed by atoms with Gasteiger partial charge in [-0.2, -0.15) is 0 Å². The lowest BCUT2D eigenvalue weighted by atomic mass is 9.99. The highest BCUT2D eigenvalue weighted by molar-refractivity contribution is 6.27. The molecule has 0 saturated carbocycles. The lowest BCUT2D eigenvalue weighted by Gasteiger charge is -2.27. The molecule has 2 aliphatic heterocycles. The molecule has 2 aromatic heterocycles. The predicted molar refractivity (Wildman–Crippen MR) is 223 cm³/mol. The van der Waals surface area contributed by atoms with Crippen LogP contribution in [0.3, 0.4) is 0 Å². The van der Waals surface area contributed by atoms with Crippen molar-refractivity contribution in [1.82, 2.24) is 0 Å². The molecule has 0 fully saturated rings. The maximum absolute atomic E-state index is 6.68. The molecule has 0 bridgehead atoms. The molecule has 54 heavy (non-hydrogen) atoms. The molecular weight excluding hydrogens is 661 g/mol. The van der Waals surface area contributed by atoms with Gasteiger partial charge < -0.3 is 18.6 Å². The molecule has 0 unspecified atom stereocenters. The minimum absolute atomic E-state index is 0.883. The second-order valence-electron chi connectivity index (χ2n) is 14.7.